The molecule has 7 nitrogen and oxygen atoms in total. The Hall–Kier alpha value is -3.69. The molecule has 0 fully saturated rings. The molecule has 0 radical (unpaired) electrons. The molecule has 3 aromatic heterocycles. The summed E-state index contributed by atoms with van der Waals surface area (Å²) in [5, 5.41) is 5.69. The van der Waals surface area contributed by atoms with Gasteiger partial charge >= 0.3 is 6.18 Å². The second-order valence-electron chi connectivity index (χ2n) is 7.96. The number of hydrogen-bond donors (Lipinski definition) is 1. The number of carbonyl (C=O) groups is 1. The van der Waals surface area contributed by atoms with E-state index < -0.39 is 11.9 Å². The number of pyridine rings is 2. The first kappa shape index (κ1) is 20.2. The summed E-state index contributed by atoms with van der Waals surface area (Å²) >= 11 is 0. The second-order valence-corrected chi connectivity index (χ2v) is 7.96. The standard InChI is InChI=1S/C22H19F3N6O/c1-30(17-7-6-15-12(17)4-8-18(28-15)22(23,24)25)21(32)11-3-5-16-13(9-11)19-14(20(26)29-16)10-27-31(19)2/h3-5,8-10,17H,6-7H2,1-2H3,(H2,26,29)/t17-/m0/s1. The Morgan fingerprint density at radius 1 is 1.19 bits per heavy atom. The van der Waals surface area contributed by atoms with Crippen LogP contribution in [0.3, 0.4) is 0 Å². The lowest BCUT2D eigenvalue weighted by molar-refractivity contribution is -0.141. The molecule has 0 spiro atoms. The van der Waals surface area contributed by atoms with Crippen LogP contribution in [-0.2, 0) is 19.6 Å². The molecule has 0 unspecified atom stereocenters. The van der Waals surface area contributed by atoms with Gasteiger partial charge in [-0.1, -0.05) is 6.07 Å². The smallest absolute Gasteiger partial charge is 0.383 e. The topological polar surface area (TPSA) is 89.9 Å². The third-order valence-corrected chi connectivity index (χ3v) is 6.06. The highest BCUT2D eigenvalue weighted by atomic mass is 19.4. The largest absolute Gasteiger partial charge is 0.433 e. The summed E-state index contributed by atoms with van der Waals surface area (Å²) in [6.45, 7) is 0. The molecular formula is C22H19F3N6O. The number of amides is 1. The summed E-state index contributed by atoms with van der Waals surface area (Å²) in [4.78, 5) is 23.0. The molecule has 0 aliphatic heterocycles. The number of nitrogen functional groups attached to an aromatic ring is 1. The number of aryl methyl sites for hydroxylation is 2. The number of carbonyl (C=O) groups excluding carboxylic acids is 1. The summed E-state index contributed by atoms with van der Waals surface area (Å²) in [6, 6.07) is 7.23. The van der Waals surface area contributed by atoms with Crippen LogP contribution in [0.5, 0.6) is 0 Å². The van der Waals surface area contributed by atoms with Gasteiger partial charge in [0.25, 0.3) is 5.91 Å². The number of anilines is 1. The SMILES string of the molecule is CN(C(=O)c1ccc2nc(N)c3cnn(C)c3c2c1)[C@H]1CCc2nc(C(F)(F)F)ccc21. The molecule has 0 bridgehead atoms. The van der Waals surface area contributed by atoms with E-state index in [4.69, 9.17) is 5.73 Å². The van der Waals surface area contributed by atoms with Gasteiger partial charge in [0.15, 0.2) is 0 Å². The zero-order valence-electron chi connectivity index (χ0n) is 17.3. The summed E-state index contributed by atoms with van der Waals surface area (Å²) < 4.78 is 40.6. The fourth-order valence-corrected chi connectivity index (χ4v) is 4.44. The molecule has 32 heavy (non-hydrogen) atoms. The van der Waals surface area contributed by atoms with Crippen molar-refractivity contribution in [2.45, 2.75) is 25.1 Å². The number of fused-ring (bicyclic) bond motifs is 4. The van der Waals surface area contributed by atoms with Crippen molar-refractivity contribution in [3.8, 4) is 0 Å². The monoisotopic (exact) mass is 440 g/mol. The molecule has 164 valence electrons. The quantitative estimate of drug-likeness (QED) is 0.511. The van der Waals surface area contributed by atoms with Crippen LogP contribution in [0.4, 0.5) is 19.0 Å². The van der Waals surface area contributed by atoms with Crippen LogP contribution in [0.2, 0.25) is 0 Å². The molecule has 0 saturated carbocycles. The fourth-order valence-electron chi connectivity index (χ4n) is 4.44. The number of rotatable bonds is 2. The maximum absolute atomic E-state index is 13.3. The van der Waals surface area contributed by atoms with Crippen molar-refractivity contribution in [3.63, 3.8) is 0 Å². The van der Waals surface area contributed by atoms with E-state index in [1.807, 2.05) is 0 Å². The average molecular weight is 440 g/mol. The molecule has 4 aromatic rings. The number of nitrogens with two attached hydrogens (primary N) is 1. The number of benzene rings is 1. The Morgan fingerprint density at radius 3 is 2.72 bits per heavy atom. The number of hydrogen-bond acceptors (Lipinski definition) is 5. The van der Waals surface area contributed by atoms with Crippen molar-refractivity contribution >= 4 is 33.5 Å². The zero-order valence-corrected chi connectivity index (χ0v) is 17.3. The lowest BCUT2D eigenvalue weighted by atomic mass is 10.1. The molecule has 2 N–H and O–H groups in total. The number of nitrogens with zero attached hydrogens (tertiary/aromatic N) is 5. The van der Waals surface area contributed by atoms with Crippen molar-refractivity contribution in [1.29, 1.82) is 0 Å². The van der Waals surface area contributed by atoms with Gasteiger partial charge in [0.2, 0.25) is 0 Å². The van der Waals surface area contributed by atoms with E-state index in [0.29, 0.717) is 46.4 Å². The molecule has 1 aromatic carbocycles. The second kappa shape index (κ2) is 6.91. The first-order chi connectivity index (χ1) is 15.1. The van der Waals surface area contributed by atoms with Crippen LogP contribution < -0.4 is 5.73 Å². The molecule has 3 heterocycles. The van der Waals surface area contributed by atoms with E-state index in [9.17, 15) is 18.0 Å². The van der Waals surface area contributed by atoms with E-state index in [2.05, 4.69) is 15.1 Å². The van der Waals surface area contributed by atoms with Gasteiger partial charge in [-0.05, 0) is 42.7 Å². The maximum atomic E-state index is 13.3. The van der Waals surface area contributed by atoms with Crippen LogP contribution >= 0.6 is 0 Å². The molecule has 5 rings (SSSR count). The third kappa shape index (κ3) is 3.05. The van der Waals surface area contributed by atoms with E-state index >= 15 is 0 Å². The lowest BCUT2D eigenvalue weighted by Gasteiger charge is -2.25. The number of aromatic nitrogens is 4. The van der Waals surface area contributed by atoms with E-state index in [1.165, 1.54) is 6.07 Å². The predicted octanol–water partition coefficient (Wildman–Crippen LogP) is 3.88. The summed E-state index contributed by atoms with van der Waals surface area (Å²) in [5.41, 5.74) is 8.03. The highest BCUT2D eigenvalue weighted by Crippen LogP contribution is 2.38. The summed E-state index contributed by atoms with van der Waals surface area (Å²) in [6.07, 6.45) is -1.95. The highest BCUT2D eigenvalue weighted by Gasteiger charge is 2.36. The van der Waals surface area contributed by atoms with Crippen LogP contribution in [0.15, 0.2) is 36.5 Å². The fraction of sp³-hybridized carbons (Fsp3) is 0.273. The minimum absolute atomic E-state index is 0.239. The van der Waals surface area contributed by atoms with Gasteiger partial charge in [0.05, 0.1) is 28.7 Å². The van der Waals surface area contributed by atoms with E-state index in [1.54, 1.807) is 48.1 Å². The number of alkyl halides is 3. The Kier molecular flexibility index (Phi) is 4.37. The van der Waals surface area contributed by atoms with Crippen molar-refractivity contribution in [2.24, 2.45) is 7.05 Å². The Labute approximate surface area is 180 Å². The van der Waals surface area contributed by atoms with Gasteiger partial charge in [-0.2, -0.15) is 18.3 Å². The van der Waals surface area contributed by atoms with Gasteiger partial charge in [-0.15, -0.1) is 0 Å². The van der Waals surface area contributed by atoms with Gasteiger partial charge in [0.1, 0.15) is 11.5 Å². The van der Waals surface area contributed by atoms with Crippen molar-refractivity contribution in [2.75, 3.05) is 12.8 Å². The molecule has 1 atom stereocenters. The molecule has 1 amide bonds. The Morgan fingerprint density at radius 2 is 1.97 bits per heavy atom. The first-order valence-electron chi connectivity index (χ1n) is 10.0. The molecule has 1 aliphatic carbocycles. The number of halogens is 3. The molecule has 1 aliphatic rings. The minimum Gasteiger partial charge on any atom is -0.383 e. The van der Waals surface area contributed by atoms with E-state index in [-0.39, 0.29) is 11.9 Å². The summed E-state index contributed by atoms with van der Waals surface area (Å²) in [5.74, 6) is 0.127. The van der Waals surface area contributed by atoms with Crippen molar-refractivity contribution in [3.05, 3.63) is 59.0 Å². The Balaban J connectivity index is 1.51. The Bertz CT molecular complexity index is 1390. The molecular weight excluding hydrogens is 421 g/mol. The zero-order chi connectivity index (χ0) is 22.8. The van der Waals surface area contributed by atoms with Crippen LogP contribution in [0.1, 0.15) is 39.8 Å². The van der Waals surface area contributed by atoms with Gasteiger partial charge < -0.3 is 10.6 Å². The van der Waals surface area contributed by atoms with E-state index in [0.717, 1.165) is 17.0 Å². The van der Waals surface area contributed by atoms with Gasteiger partial charge in [0, 0.05) is 30.7 Å². The normalized spacial score (nSPS) is 16.0. The molecule has 0 saturated heterocycles. The predicted molar refractivity (Wildman–Crippen MR) is 113 cm³/mol. The van der Waals surface area contributed by atoms with Gasteiger partial charge in [-0.25, -0.2) is 9.97 Å². The maximum Gasteiger partial charge on any atom is 0.433 e. The third-order valence-electron chi connectivity index (χ3n) is 6.06. The molecule has 10 heteroatoms. The van der Waals surface area contributed by atoms with Crippen molar-refractivity contribution in [1.82, 2.24) is 24.6 Å². The first-order valence-corrected chi connectivity index (χ1v) is 10.0. The van der Waals surface area contributed by atoms with Crippen LogP contribution in [-0.4, -0.2) is 37.6 Å². The highest BCUT2D eigenvalue weighted by molar-refractivity contribution is 6.10. The average Bonchev–Trinajstić information content (AvgIpc) is 3.36. The van der Waals surface area contributed by atoms with Gasteiger partial charge in [-0.3, -0.25) is 9.48 Å². The summed E-state index contributed by atoms with van der Waals surface area (Å²) in [7, 11) is 3.45. The van der Waals surface area contributed by atoms with Crippen LogP contribution in [0, 0.1) is 0 Å². The lowest BCUT2D eigenvalue weighted by Crippen LogP contribution is -2.30. The van der Waals surface area contributed by atoms with Crippen molar-refractivity contribution < 1.29 is 18.0 Å². The minimum atomic E-state index is -4.49. The van der Waals surface area contributed by atoms with Crippen LogP contribution in [0.25, 0.3) is 21.8 Å².